The van der Waals surface area contributed by atoms with Gasteiger partial charge < -0.3 is 20.3 Å². The fourth-order valence-electron chi connectivity index (χ4n) is 1.49. The molecule has 17 heavy (non-hydrogen) atoms. The predicted molar refractivity (Wildman–Crippen MR) is 67.8 cm³/mol. The van der Waals surface area contributed by atoms with Crippen molar-refractivity contribution in [2.75, 3.05) is 25.6 Å². The third-order valence-electron chi connectivity index (χ3n) is 2.42. The number of aliphatic hydroxyl groups is 1. The van der Waals surface area contributed by atoms with E-state index >= 15 is 0 Å². The molecule has 94 valence electrons. The monoisotopic (exact) mass is 255 g/mol. The van der Waals surface area contributed by atoms with Crippen molar-refractivity contribution in [3.8, 4) is 11.5 Å². The lowest BCUT2D eigenvalue weighted by atomic mass is 10.3. The second kappa shape index (κ2) is 6.14. The van der Waals surface area contributed by atoms with Crippen molar-refractivity contribution in [1.29, 1.82) is 0 Å². The van der Waals surface area contributed by atoms with Gasteiger partial charge in [0.2, 0.25) is 0 Å². The first kappa shape index (κ1) is 12.5. The number of thioether (sulfide) groups is 1. The van der Waals surface area contributed by atoms with E-state index in [2.05, 4.69) is 0 Å². The molecule has 1 atom stereocenters. The first-order valence-electron chi connectivity index (χ1n) is 5.68. The maximum Gasteiger partial charge on any atom is 0.162 e. The molecule has 2 rings (SSSR count). The summed E-state index contributed by atoms with van der Waals surface area (Å²) in [6.07, 6.45) is 0.909. The van der Waals surface area contributed by atoms with Gasteiger partial charge >= 0.3 is 0 Å². The number of hydrogen-bond donors (Lipinski definition) is 2. The highest BCUT2D eigenvalue weighted by molar-refractivity contribution is 7.99. The quantitative estimate of drug-likeness (QED) is 0.793. The second-order valence-corrected chi connectivity index (χ2v) is 5.01. The molecule has 4 nitrogen and oxygen atoms in total. The molecule has 1 aliphatic rings. The molecule has 0 bridgehead atoms. The second-order valence-electron chi connectivity index (χ2n) is 3.91. The van der Waals surface area contributed by atoms with Crippen LogP contribution in [-0.2, 0) is 0 Å². The van der Waals surface area contributed by atoms with Gasteiger partial charge in [0.15, 0.2) is 11.5 Å². The van der Waals surface area contributed by atoms with Crippen LogP contribution in [0, 0.1) is 0 Å². The minimum atomic E-state index is -0.184. The van der Waals surface area contributed by atoms with Crippen molar-refractivity contribution >= 4 is 11.8 Å². The molecule has 0 fully saturated rings. The van der Waals surface area contributed by atoms with Crippen molar-refractivity contribution in [2.45, 2.75) is 17.4 Å². The fourth-order valence-corrected chi connectivity index (χ4v) is 2.36. The van der Waals surface area contributed by atoms with Crippen LogP contribution >= 0.6 is 11.8 Å². The fraction of sp³-hybridized carbons (Fsp3) is 0.500. The molecule has 1 aromatic rings. The van der Waals surface area contributed by atoms with Crippen molar-refractivity contribution < 1.29 is 14.6 Å². The lowest BCUT2D eigenvalue weighted by molar-refractivity contribution is 0.275. The third-order valence-corrected chi connectivity index (χ3v) is 3.60. The predicted octanol–water partition coefficient (Wildman–Crippen LogP) is 1.26. The summed E-state index contributed by atoms with van der Waals surface area (Å²) in [6.45, 7) is 1.41. The van der Waals surface area contributed by atoms with Crippen LogP contribution in [0.5, 0.6) is 11.5 Å². The normalized spacial score (nSPS) is 16.4. The summed E-state index contributed by atoms with van der Waals surface area (Å²) < 4.78 is 11.2. The maximum absolute atomic E-state index is 8.86. The van der Waals surface area contributed by atoms with Gasteiger partial charge in [-0.3, -0.25) is 0 Å². The zero-order chi connectivity index (χ0) is 12.1. The van der Waals surface area contributed by atoms with Gasteiger partial charge in [-0.25, -0.2) is 0 Å². The highest BCUT2D eigenvalue weighted by Gasteiger charge is 2.11. The maximum atomic E-state index is 8.86. The smallest absolute Gasteiger partial charge is 0.162 e. The molecule has 0 aromatic heterocycles. The average molecular weight is 255 g/mol. The number of fused-ring (bicyclic) bond motifs is 1. The number of hydrogen-bond acceptors (Lipinski definition) is 5. The Kier molecular flexibility index (Phi) is 4.53. The molecular weight excluding hydrogens is 238 g/mol. The molecule has 0 saturated carbocycles. The molecule has 1 heterocycles. The third kappa shape index (κ3) is 3.52. The Labute approximate surface area is 105 Å². The Hall–Kier alpha value is -0.910. The van der Waals surface area contributed by atoms with Crippen LogP contribution in [0.15, 0.2) is 23.1 Å². The van der Waals surface area contributed by atoms with Crippen LogP contribution in [0.3, 0.4) is 0 Å². The number of rotatable bonds is 4. The van der Waals surface area contributed by atoms with E-state index in [0.717, 1.165) is 22.8 Å². The van der Waals surface area contributed by atoms with E-state index in [1.54, 1.807) is 11.8 Å². The van der Waals surface area contributed by atoms with Crippen LogP contribution in [0.1, 0.15) is 6.42 Å². The minimum absolute atomic E-state index is 0.0115. The van der Waals surface area contributed by atoms with Crippen LogP contribution in [0.4, 0.5) is 0 Å². The summed E-state index contributed by atoms with van der Waals surface area (Å²) in [5, 5.41) is 8.86. The van der Waals surface area contributed by atoms with E-state index in [0.29, 0.717) is 19.0 Å². The zero-order valence-electron chi connectivity index (χ0n) is 9.59. The van der Waals surface area contributed by atoms with E-state index < -0.39 is 0 Å². The SMILES string of the molecule is NC(CO)CSc1ccc2c(c1)OCCCO2. The summed E-state index contributed by atoms with van der Waals surface area (Å²) >= 11 is 1.61. The zero-order valence-corrected chi connectivity index (χ0v) is 10.4. The Morgan fingerprint density at radius 3 is 2.82 bits per heavy atom. The number of ether oxygens (including phenoxy) is 2. The van der Waals surface area contributed by atoms with Crippen LogP contribution in [0.2, 0.25) is 0 Å². The van der Waals surface area contributed by atoms with E-state index in [1.807, 2.05) is 18.2 Å². The number of nitrogens with two attached hydrogens (primary N) is 1. The highest BCUT2D eigenvalue weighted by Crippen LogP contribution is 2.33. The number of benzene rings is 1. The topological polar surface area (TPSA) is 64.7 Å². The van der Waals surface area contributed by atoms with Gasteiger partial charge in [-0.15, -0.1) is 11.8 Å². The van der Waals surface area contributed by atoms with E-state index in [9.17, 15) is 0 Å². The molecule has 1 aromatic carbocycles. The van der Waals surface area contributed by atoms with E-state index in [1.165, 1.54) is 0 Å². The highest BCUT2D eigenvalue weighted by atomic mass is 32.2. The first-order valence-corrected chi connectivity index (χ1v) is 6.67. The van der Waals surface area contributed by atoms with Gasteiger partial charge in [-0.05, 0) is 18.2 Å². The Morgan fingerprint density at radius 1 is 1.29 bits per heavy atom. The van der Waals surface area contributed by atoms with Gasteiger partial charge in [-0.2, -0.15) is 0 Å². The summed E-state index contributed by atoms with van der Waals surface area (Å²) in [5.41, 5.74) is 5.66. The Bertz CT molecular complexity index is 373. The largest absolute Gasteiger partial charge is 0.490 e. The van der Waals surface area contributed by atoms with E-state index in [-0.39, 0.29) is 12.6 Å². The molecular formula is C12H17NO3S. The number of aliphatic hydroxyl groups excluding tert-OH is 1. The average Bonchev–Trinajstić information content (AvgIpc) is 2.60. The van der Waals surface area contributed by atoms with Crippen molar-refractivity contribution in [3.63, 3.8) is 0 Å². The Balaban J connectivity index is 2.02. The molecule has 0 amide bonds. The standard InChI is InChI=1S/C12H17NO3S/c13-9(7-14)8-17-10-2-3-11-12(6-10)16-5-1-4-15-11/h2-3,6,9,14H,1,4-5,7-8,13H2. The molecule has 1 unspecified atom stereocenters. The van der Waals surface area contributed by atoms with E-state index in [4.69, 9.17) is 20.3 Å². The van der Waals surface area contributed by atoms with Crippen LogP contribution < -0.4 is 15.2 Å². The van der Waals surface area contributed by atoms with Gasteiger partial charge in [-0.1, -0.05) is 0 Å². The summed E-state index contributed by atoms with van der Waals surface area (Å²) in [4.78, 5) is 1.08. The first-order chi connectivity index (χ1) is 8.29. The van der Waals surface area contributed by atoms with Crippen LogP contribution in [-0.4, -0.2) is 36.7 Å². The van der Waals surface area contributed by atoms with Crippen molar-refractivity contribution in [2.24, 2.45) is 5.73 Å². The summed E-state index contributed by atoms with van der Waals surface area (Å²) in [5.74, 6) is 2.29. The lowest BCUT2D eigenvalue weighted by Crippen LogP contribution is -2.26. The van der Waals surface area contributed by atoms with Gasteiger partial charge in [0.1, 0.15) is 0 Å². The van der Waals surface area contributed by atoms with Crippen LogP contribution in [0.25, 0.3) is 0 Å². The van der Waals surface area contributed by atoms with Gasteiger partial charge in [0.25, 0.3) is 0 Å². The summed E-state index contributed by atoms with van der Waals surface area (Å²) in [6, 6.07) is 5.70. The summed E-state index contributed by atoms with van der Waals surface area (Å²) in [7, 11) is 0. The minimum Gasteiger partial charge on any atom is -0.490 e. The lowest BCUT2D eigenvalue weighted by Gasteiger charge is -2.10. The van der Waals surface area contributed by atoms with Crippen molar-refractivity contribution in [1.82, 2.24) is 0 Å². The van der Waals surface area contributed by atoms with Gasteiger partial charge in [0, 0.05) is 23.1 Å². The van der Waals surface area contributed by atoms with Gasteiger partial charge in [0.05, 0.1) is 19.8 Å². The molecule has 0 saturated heterocycles. The molecule has 0 aliphatic carbocycles. The molecule has 3 N–H and O–H groups in total. The van der Waals surface area contributed by atoms with Crippen molar-refractivity contribution in [3.05, 3.63) is 18.2 Å². The Morgan fingerprint density at radius 2 is 2.06 bits per heavy atom. The molecule has 5 heteroatoms. The molecule has 1 aliphatic heterocycles. The molecule has 0 spiro atoms. The molecule has 0 radical (unpaired) electrons.